The minimum Gasteiger partial charge on any atom is -0.465 e. The third-order valence-corrected chi connectivity index (χ3v) is 4.54. The Labute approximate surface area is 145 Å². The Balaban J connectivity index is 1.79. The number of benzene rings is 2. The van der Waals surface area contributed by atoms with Crippen molar-refractivity contribution in [2.24, 2.45) is 0 Å². The van der Waals surface area contributed by atoms with Gasteiger partial charge in [-0.3, -0.25) is 4.79 Å². The van der Waals surface area contributed by atoms with Gasteiger partial charge < -0.3 is 20.8 Å². The van der Waals surface area contributed by atoms with Crippen LogP contribution in [0.25, 0.3) is 0 Å². The van der Waals surface area contributed by atoms with Crippen LogP contribution in [0.5, 0.6) is 0 Å². The summed E-state index contributed by atoms with van der Waals surface area (Å²) in [5.41, 5.74) is 2.60. The molecule has 4 N–H and O–H groups in total. The van der Waals surface area contributed by atoms with Gasteiger partial charge >= 0.3 is 6.09 Å². The monoisotopic (exact) mass is 340 g/mol. The fourth-order valence-electron chi connectivity index (χ4n) is 3.35. The lowest BCUT2D eigenvalue weighted by Crippen LogP contribution is -2.46. The van der Waals surface area contributed by atoms with Gasteiger partial charge in [-0.05, 0) is 23.1 Å². The average Bonchev–Trinajstić information content (AvgIpc) is 2.93. The summed E-state index contributed by atoms with van der Waals surface area (Å²) >= 11 is 0. The summed E-state index contributed by atoms with van der Waals surface area (Å²) in [5.74, 6) is -1.00. The maximum Gasteiger partial charge on any atom is 0.405 e. The maximum atomic E-state index is 12.7. The number of fused-ring (bicyclic) bond motifs is 1. The molecule has 0 saturated carbocycles. The lowest BCUT2D eigenvalue weighted by atomic mass is 9.98. The predicted octanol–water partition coefficient (Wildman–Crippen LogP) is 1.81. The van der Waals surface area contributed by atoms with Crippen LogP contribution in [0.3, 0.4) is 0 Å². The van der Waals surface area contributed by atoms with Crippen molar-refractivity contribution >= 4 is 12.0 Å². The fourth-order valence-corrected chi connectivity index (χ4v) is 3.35. The van der Waals surface area contributed by atoms with Crippen LogP contribution in [0.4, 0.5) is 4.79 Å². The zero-order valence-electron chi connectivity index (χ0n) is 13.6. The Bertz CT molecular complexity index is 763. The van der Waals surface area contributed by atoms with Crippen molar-refractivity contribution < 1.29 is 19.8 Å². The predicted molar refractivity (Wildman–Crippen MR) is 92.2 cm³/mol. The first-order valence-corrected chi connectivity index (χ1v) is 8.13. The zero-order valence-corrected chi connectivity index (χ0v) is 13.6. The molecule has 0 radical (unpaired) electrons. The molecule has 0 aromatic heterocycles. The average molecular weight is 340 g/mol. The Morgan fingerprint density at radius 1 is 1.04 bits per heavy atom. The summed E-state index contributed by atoms with van der Waals surface area (Å²) in [6.45, 7) is -0.313. The molecule has 1 unspecified atom stereocenters. The molecule has 25 heavy (non-hydrogen) atoms. The fraction of sp³-hybridized carbons (Fsp3) is 0.263. The second-order valence-electron chi connectivity index (χ2n) is 6.09. The number of aliphatic hydroxyl groups excluding tert-OH is 1. The number of amides is 2. The number of carboxylic acid groups (broad SMARTS) is 1. The van der Waals surface area contributed by atoms with Crippen molar-refractivity contribution in [1.82, 2.24) is 10.6 Å². The Morgan fingerprint density at radius 2 is 1.72 bits per heavy atom. The second-order valence-corrected chi connectivity index (χ2v) is 6.09. The largest absolute Gasteiger partial charge is 0.465 e. The van der Waals surface area contributed by atoms with Gasteiger partial charge in [-0.2, -0.15) is 0 Å². The molecule has 6 heteroatoms. The highest BCUT2D eigenvalue weighted by Crippen LogP contribution is 2.31. The van der Waals surface area contributed by atoms with Gasteiger partial charge in [-0.25, -0.2) is 4.79 Å². The topological polar surface area (TPSA) is 98.7 Å². The molecule has 2 aromatic rings. The van der Waals surface area contributed by atoms with Gasteiger partial charge in [0.2, 0.25) is 5.91 Å². The Morgan fingerprint density at radius 3 is 2.40 bits per heavy atom. The zero-order chi connectivity index (χ0) is 17.8. The molecule has 3 atom stereocenters. The van der Waals surface area contributed by atoms with E-state index in [0.717, 1.165) is 16.7 Å². The van der Waals surface area contributed by atoms with Crippen molar-refractivity contribution in [2.45, 2.75) is 24.4 Å². The molecule has 0 saturated heterocycles. The molecule has 2 aromatic carbocycles. The molecule has 3 rings (SSSR count). The molecule has 0 heterocycles. The van der Waals surface area contributed by atoms with Crippen LogP contribution in [0.15, 0.2) is 54.6 Å². The molecule has 1 aliphatic carbocycles. The van der Waals surface area contributed by atoms with E-state index in [1.165, 1.54) is 0 Å². The number of carbonyl (C=O) groups is 2. The van der Waals surface area contributed by atoms with Crippen molar-refractivity contribution in [3.05, 3.63) is 71.3 Å². The summed E-state index contributed by atoms with van der Waals surface area (Å²) in [7, 11) is 0. The van der Waals surface area contributed by atoms with Crippen molar-refractivity contribution in [2.75, 3.05) is 6.61 Å². The minimum atomic E-state index is -1.14. The summed E-state index contributed by atoms with van der Waals surface area (Å²) in [4.78, 5) is 23.8. The molecule has 0 fully saturated rings. The van der Waals surface area contributed by atoms with Gasteiger partial charge in [-0.15, -0.1) is 0 Å². The van der Waals surface area contributed by atoms with Crippen molar-refractivity contribution in [1.29, 1.82) is 0 Å². The number of nitrogens with one attached hydrogen (secondary N) is 2. The summed E-state index contributed by atoms with van der Waals surface area (Å²) in [6.07, 6.45) is -0.595. The molecule has 0 bridgehead atoms. The molecule has 0 aliphatic heterocycles. The van der Waals surface area contributed by atoms with Gasteiger partial charge in [0.1, 0.15) is 0 Å². The van der Waals surface area contributed by atoms with E-state index in [4.69, 9.17) is 5.11 Å². The molecule has 0 spiro atoms. The van der Waals surface area contributed by atoms with Crippen LogP contribution in [0.1, 0.15) is 28.7 Å². The maximum absolute atomic E-state index is 12.7. The third-order valence-electron chi connectivity index (χ3n) is 4.54. The number of hydrogen-bond donors (Lipinski definition) is 4. The Kier molecular flexibility index (Phi) is 5.00. The highest BCUT2D eigenvalue weighted by atomic mass is 16.4. The van der Waals surface area contributed by atoms with Crippen molar-refractivity contribution in [3.8, 4) is 0 Å². The summed E-state index contributed by atoms with van der Waals surface area (Å²) < 4.78 is 0. The van der Waals surface area contributed by atoms with Gasteiger partial charge in [0, 0.05) is 0 Å². The first kappa shape index (κ1) is 17.0. The standard InChI is InChI=1S/C19H20N2O4/c22-11-15(12-6-2-1-3-7-12)18(23)20-16-10-13-8-4-5-9-14(13)17(16)21-19(24)25/h1-9,15-17,21-22H,10-11H2,(H,20,23)(H,24,25)/t15?,16-,17-/m0/s1. The normalized spacial score (nSPS) is 19.7. The van der Waals surface area contributed by atoms with E-state index in [-0.39, 0.29) is 12.5 Å². The van der Waals surface area contributed by atoms with E-state index < -0.39 is 24.1 Å². The van der Waals surface area contributed by atoms with Gasteiger partial charge in [-0.1, -0.05) is 54.6 Å². The first-order chi connectivity index (χ1) is 12.1. The van der Waals surface area contributed by atoms with E-state index in [1.54, 1.807) is 12.1 Å². The Hall–Kier alpha value is -2.86. The van der Waals surface area contributed by atoms with E-state index >= 15 is 0 Å². The van der Waals surface area contributed by atoms with Crippen LogP contribution in [-0.2, 0) is 11.2 Å². The molecule has 130 valence electrons. The minimum absolute atomic E-state index is 0.313. The van der Waals surface area contributed by atoms with Gasteiger partial charge in [0.25, 0.3) is 0 Å². The van der Waals surface area contributed by atoms with Crippen LogP contribution in [-0.4, -0.2) is 34.9 Å². The van der Waals surface area contributed by atoms with Crippen LogP contribution in [0, 0.1) is 0 Å². The van der Waals surface area contributed by atoms with E-state index in [2.05, 4.69) is 10.6 Å². The van der Waals surface area contributed by atoms with Crippen LogP contribution in [0.2, 0.25) is 0 Å². The van der Waals surface area contributed by atoms with E-state index in [1.807, 2.05) is 42.5 Å². The molecular formula is C19H20N2O4. The van der Waals surface area contributed by atoms with Gasteiger partial charge in [0.15, 0.2) is 0 Å². The first-order valence-electron chi connectivity index (χ1n) is 8.13. The highest BCUT2D eigenvalue weighted by Gasteiger charge is 2.35. The van der Waals surface area contributed by atoms with E-state index in [9.17, 15) is 14.7 Å². The number of carbonyl (C=O) groups excluding carboxylic acids is 1. The number of rotatable bonds is 5. The van der Waals surface area contributed by atoms with Gasteiger partial charge in [0.05, 0.1) is 24.6 Å². The summed E-state index contributed by atoms with van der Waals surface area (Å²) in [6, 6.07) is 15.7. The van der Waals surface area contributed by atoms with Crippen LogP contribution >= 0.6 is 0 Å². The molecule has 1 aliphatic rings. The van der Waals surface area contributed by atoms with Crippen LogP contribution < -0.4 is 10.6 Å². The number of aliphatic hydroxyl groups is 1. The van der Waals surface area contributed by atoms with Crippen molar-refractivity contribution in [3.63, 3.8) is 0 Å². The highest BCUT2D eigenvalue weighted by molar-refractivity contribution is 5.84. The molecular weight excluding hydrogens is 320 g/mol. The lowest BCUT2D eigenvalue weighted by molar-refractivity contribution is -0.124. The lowest BCUT2D eigenvalue weighted by Gasteiger charge is -2.24. The molecule has 2 amide bonds. The molecule has 6 nitrogen and oxygen atoms in total. The van der Waals surface area contributed by atoms with E-state index in [0.29, 0.717) is 6.42 Å². The number of hydrogen-bond acceptors (Lipinski definition) is 3. The third kappa shape index (κ3) is 3.64. The smallest absolute Gasteiger partial charge is 0.405 e. The SMILES string of the molecule is O=C(O)N[C@H]1c2ccccc2C[C@@H]1NC(=O)C(CO)c1ccccc1. The quantitative estimate of drug-likeness (QED) is 0.667. The second kappa shape index (κ2) is 7.36. The summed E-state index contributed by atoms with van der Waals surface area (Å²) in [5, 5.41) is 24.2.